The van der Waals surface area contributed by atoms with Gasteiger partial charge in [0.15, 0.2) is 6.33 Å². The molecule has 5 heterocycles. The number of benzene rings is 1. The van der Waals surface area contributed by atoms with Gasteiger partial charge in [0.2, 0.25) is 0 Å². The van der Waals surface area contributed by atoms with Crippen LogP contribution < -0.4 is 14.2 Å². The normalized spacial score (nSPS) is 10.8. The van der Waals surface area contributed by atoms with Gasteiger partial charge in [0.1, 0.15) is 6.20 Å². The summed E-state index contributed by atoms with van der Waals surface area (Å²) < 4.78 is 9.32. The average molecular weight is 640 g/mol. The molecule has 0 aliphatic rings. The van der Waals surface area contributed by atoms with Crippen molar-refractivity contribution in [2.24, 2.45) is 7.05 Å². The van der Waals surface area contributed by atoms with Gasteiger partial charge < -0.3 is 32.9 Å². The molecule has 174 valence electrons. The first-order chi connectivity index (χ1) is 16.8. The Hall–Kier alpha value is -4.08. The molecule has 35 heavy (non-hydrogen) atoms. The summed E-state index contributed by atoms with van der Waals surface area (Å²) in [5, 5.41) is 13.4. The maximum absolute atomic E-state index is 4.46. The number of pyridine rings is 1. The fourth-order valence-electron chi connectivity index (χ4n) is 3.89. The Balaban J connectivity index is 0.000000189. The summed E-state index contributed by atoms with van der Waals surface area (Å²) in [5.74, 6) is 0. The van der Waals surface area contributed by atoms with E-state index >= 15 is 0 Å². The summed E-state index contributed by atoms with van der Waals surface area (Å²) in [6.45, 7) is -1.82. The van der Waals surface area contributed by atoms with E-state index in [2.05, 4.69) is 32.7 Å². The van der Waals surface area contributed by atoms with Crippen LogP contribution in [0.25, 0.3) is 11.3 Å². The van der Waals surface area contributed by atoms with E-state index in [4.69, 9.17) is 0 Å². The Morgan fingerprint density at radius 2 is 1.63 bits per heavy atom. The fourth-order valence-corrected chi connectivity index (χ4v) is 3.89. The first-order valence-corrected chi connectivity index (χ1v) is 10.8. The van der Waals surface area contributed by atoms with E-state index < -0.39 is 6.69 Å². The van der Waals surface area contributed by atoms with Crippen molar-refractivity contribution in [3.05, 3.63) is 129 Å². The standard InChI is InChI=1S/C13H14BN8.C11H8N.Ir/c1-18-11-12-19(13-18)14(20-8-2-5-15-20,21-9-3-6-16-21)22-10-4-7-17-22;1-2-6-10(7-3-1)11-8-4-5-9-12-11;/h2-12H,1H3;1-6,8-9H;/q2*-1;+3. The minimum Gasteiger partial charge on any atom is -0.468 e. The second kappa shape index (κ2) is 10.9. The van der Waals surface area contributed by atoms with Crippen LogP contribution in [0.1, 0.15) is 0 Å². The smallest absolute Gasteiger partial charge is 0.468 e. The Bertz CT molecular complexity index is 1280. The molecule has 0 spiro atoms. The number of aromatic nitrogens is 9. The van der Waals surface area contributed by atoms with Crippen LogP contribution in [-0.4, -0.2) is 35.6 Å². The van der Waals surface area contributed by atoms with E-state index in [0.717, 1.165) is 11.3 Å². The quantitative estimate of drug-likeness (QED) is 0.210. The van der Waals surface area contributed by atoms with Crippen LogP contribution >= 0.6 is 0 Å². The fraction of sp³-hybridized carbons (Fsp3) is 0.0417. The van der Waals surface area contributed by atoms with Crippen molar-refractivity contribution in [1.82, 2.24) is 34.0 Å². The van der Waals surface area contributed by atoms with Gasteiger partial charge in [0, 0.05) is 18.6 Å². The molecule has 0 aliphatic heterocycles. The third-order valence-electron chi connectivity index (χ3n) is 5.39. The maximum atomic E-state index is 4.46. The van der Waals surface area contributed by atoms with Gasteiger partial charge in [-0.25, -0.2) is 10.2 Å². The van der Waals surface area contributed by atoms with E-state index in [9.17, 15) is 0 Å². The van der Waals surface area contributed by atoms with Gasteiger partial charge >= 0.3 is 26.8 Å². The van der Waals surface area contributed by atoms with Crippen molar-refractivity contribution >= 4 is 6.69 Å². The molecule has 1 aromatic carbocycles. The molecule has 0 bridgehead atoms. The van der Waals surface area contributed by atoms with Crippen molar-refractivity contribution in [2.45, 2.75) is 0 Å². The van der Waals surface area contributed by atoms with Gasteiger partial charge in [-0.15, -0.1) is 42.1 Å². The van der Waals surface area contributed by atoms with Crippen LogP contribution in [0, 0.1) is 12.4 Å². The van der Waals surface area contributed by atoms with E-state index in [1.165, 1.54) is 0 Å². The summed E-state index contributed by atoms with van der Waals surface area (Å²) in [6.07, 6.45) is 19.8. The largest absolute Gasteiger partial charge is 3.00 e. The first kappa shape index (κ1) is 24.1. The van der Waals surface area contributed by atoms with Crippen molar-refractivity contribution in [3.8, 4) is 11.3 Å². The zero-order valence-electron chi connectivity index (χ0n) is 18.9. The third kappa shape index (κ3) is 4.77. The molecule has 0 amide bonds. The van der Waals surface area contributed by atoms with Gasteiger partial charge in [0.25, 0.3) is 0 Å². The van der Waals surface area contributed by atoms with Crippen LogP contribution in [0.5, 0.6) is 0 Å². The molecule has 0 saturated heterocycles. The Kier molecular flexibility index (Phi) is 7.49. The zero-order valence-corrected chi connectivity index (χ0v) is 21.3. The predicted molar refractivity (Wildman–Crippen MR) is 125 cm³/mol. The molecule has 0 aliphatic carbocycles. The molecule has 9 nitrogen and oxygen atoms in total. The molecule has 6 rings (SSSR count). The molecule has 0 saturated carbocycles. The molecular weight excluding hydrogens is 617 g/mol. The Morgan fingerprint density at radius 1 is 0.857 bits per heavy atom. The molecule has 6 aromatic rings. The minimum atomic E-state index is -1.82. The molecule has 0 atom stereocenters. The predicted octanol–water partition coefficient (Wildman–Crippen LogP) is 1.23. The van der Waals surface area contributed by atoms with E-state index in [1.54, 1.807) is 24.8 Å². The number of aryl methyl sites for hydroxylation is 1. The van der Waals surface area contributed by atoms with Crippen LogP contribution in [0.3, 0.4) is 0 Å². The van der Waals surface area contributed by atoms with E-state index in [1.807, 2.05) is 122 Å². The number of hydrogen-bond acceptors (Lipinski definition) is 3. The molecule has 0 N–H and O–H groups in total. The number of imidazole rings is 1. The Morgan fingerprint density at radius 3 is 2.14 bits per heavy atom. The monoisotopic (exact) mass is 640 g/mol. The third-order valence-corrected chi connectivity index (χ3v) is 5.39. The second-order valence-electron chi connectivity index (χ2n) is 7.56. The van der Waals surface area contributed by atoms with Crippen molar-refractivity contribution in [2.75, 3.05) is 0 Å². The van der Waals surface area contributed by atoms with Crippen LogP contribution in [-0.2, 0) is 27.2 Å². The van der Waals surface area contributed by atoms with Gasteiger partial charge in [-0.2, -0.15) is 0 Å². The molecular formula is C24H22BIrN9+. The Labute approximate surface area is 216 Å². The maximum Gasteiger partial charge on any atom is 3.00 e. The van der Waals surface area contributed by atoms with Crippen LogP contribution in [0.15, 0.2) is 116 Å². The van der Waals surface area contributed by atoms with Crippen molar-refractivity contribution in [1.29, 1.82) is 0 Å². The average Bonchev–Trinajstić information content (AvgIpc) is 3.71. The van der Waals surface area contributed by atoms with Gasteiger partial charge in [-0.1, -0.05) is 18.3 Å². The first-order valence-electron chi connectivity index (χ1n) is 10.8. The van der Waals surface area contributed by atoms with Gasteiger partial charge in [-0.3, -0.25) is 0 Å². The minimum absolute atomic E-state index is 0. The number of rotatable bonds is 5. The number of hydrogen-bond donors (Lipinski definition) is 0. The van der Waals surface area contributed by atoms with Crippen LogP contribution in [0.2, 0.25) is 0 Å². The van der Waals surface area contributed by atoms with E-state index in [0.29, 0.717) is 0 Å². The molecule has 0 fully saturated rings. The summed E-state index contributed by atoms with van der Waals surface area (Å²) in [7, 11) is 1.92. The SMILES string of the molecule is Cn1[c-][n+]([B-](n2cccn2)(n2cccn2)[n+]2ccc[n-]2)cc1.[Ir+3].[c-]1ccccc1-c1ccccn1. The van der Waals surface area contributed by atoms with Gasteiger partial charge in [0.05, 0.1) is 7.05 Å². The second-order valence-corrected chi connectivity index (χ2v) is 7.56. The van der Waals surface area contributed by atoms with Crippen LogP contribution in [0.4, 0.5) is 0 Å². The number of nitrogens with zero attached hydrogens (tertiary/aromatic N) is 9. The summed E-state index contributed by atoms with van der Waals surface area (Å²) in [4.78, 5) is 4.22. The topological polar surface area (TPSA) is 75.3 Å². The molecule has 11 heteroatoms. The summed E-state index contributed by atoms with van der Waals surface area (Å²) >= 11 is 0. The zero-order chi connectivity index (χ0) is 23.2. The van der Waals surface area contributed by atoms with Crippen molar-refractivity contribution in [3.63, 3.8) is 0 Å². The molecule has 5 aromatic heterocycles. The summed E-state index contributed by atoms with van der Waals surface area (Å²) in [5.41, 5.74) is 2.01. The van der Waals surface area contributed by atoms with E-state index in [-0.39, 0.29) is 20.1 Å². The van der Waals surface area contributed by atoms with Gasteiger partial charge in [-0.05, 0) is 48.5 Å². The van der Waals surface area contributed by atoms with Crippen molar-refractivity contribution < 1.29 is 29.2 Å². The summed E-state index contributed by atoms with van der Waals surface area (Å²) in [6, 6.07) is 22.5. The molecule has 0 radical (unpaired) electrons. The molecule has 0 unspecified atom stereocenters.